The van der Waals surface area contributed by atoms with Crippen molar-refractivity contribution in [2.75, 3.05) is 14.2 Å². The highest BCUT2D eigenvalue weighted by atomic mass is 16.5. The topological polar surface area (TPSA) is 86.7 Å². The Bertz CT molecular complexity index is 1210. The van der Waals surface area contributed by atoms with Crippen LogP contribution in [0.1, 0.15) is 11.1 Å². The van der Waals surface area contributed by atoms with Gasteiger partial charge in [0.2, 0.25) is 0 Å². The molecule has 3 aliphatic rings. The fourth-order valence-electron chi connectivity index (χ4n) is 5.89. The van der Waals surface area contributed by atoms with Crippen molar-refractivity contribution in [2.45, 2.75) is 0 Å². The number of ether oxygens (including phenoxy) is 2. The standard InChI is InChI=1S/C28H22O6/c1-33-25(31)27-19-15-9-10-16-20(23(19)29)28(24(27)30,26(32)34-2)22(18-13-7-4-8-14-18)21(27)17-11-5-3-6-12-17/h3-16,19-20H,1-2H3. The molecular formula is C28H22O6. The Kier molecular flexibility index (Phi) is 4.97. The minimum atomic E-state index is -2.04. The number of ketones is 2. The van der Waals surface area contributed by atoms with E-state index in [-0.39, 0.29) is 0 Å². The molecule has 4 bridgehead atoms. The molecule has 0 N–H and O–H groups in total. The summed E-state index contributed by atoms with van der Waals surface area (Å²) < 4.78 is 10.4. The fraction of sp³-hybridized carbons (Fsp3) is 0.214. The molecule has 0 spiro atoms. The number of hydrogen-bond donors (Lipinski definition) is 0. The smallest absolute Gasteiger partial charge is 0.325 e. The number of allylic oxidation sites excluding steroid dienone is 4. The largest absolute Gasteiger partial charge is 0.468 e. The summed E-state index contributed by atoms with van der Waals surface area (Å²) in [5.74, 6) is -5.12. The molecule has 3 aliphatic carbocycles. The molecule has 4 unspecified atom stereocenters. The predicted molar refractivity (Wildman–Crippen MR) is 124 cm³/mol. The number of Topliss-reactive ketones (excluding diaryl/α,β-unsaturated/α-hetero) is 2. The number of hydrogen-bond acceptors (Lipinski definition) is 6. The van der Waals surface area contributed by atoms with Gasteiger partial charge in [-0.15, -0.1) is 0 Å². The van der Waals surface area contributed by atoms with Crippen molar-refractivity contribution in [2.24, 2.45) is 22.7 Å². The number of rotatable bonds is 4. The van der Waals surface area contributed by atoms with Gasteiger partial charge in [0.1, 0.15) is 5.78 Å². The molecule has 0 aliphatic heterocycles. The number of carbonyl (C=O) groups is 4. The zero-order valence-electron chi connectivity index (χ0n) is 18.7. The maximum Gasteiger partial charge on any atom is 0.325 e. The van der Waals surface area contributed by atoms with E-state index in [9.17, 15) is 19.2 Å². The molecule has 2 aromatic rings. The lowest BCUT2D eigenvalue weighted by Crippen LogP contribution is -2.62. The van der Waals surface area contributed by atoms with Gasteiger partial charge in [0, 0.05) is 0 Å². The van der Waals surface area contributed by atoms with E-state index >= 15 is 0 Å². The molecule has 4 atom stereocenters. The molecule has 1 fully saturated rings. The first-order valence-electron chi connectivity index (χ1n) is 10.9. The van der Waals surface area contributed by atoms with Crippen molar-refractivity contribution in [1.82, 2.24) is 0 Å². The zero-order chi connectivity index (χ0) is 24.1. The lowest BCUT2D eigenvalue weighted by Gasteiger charge is -2.43. The Morgan fingerprint density at radius 3 is 1.41 bits per heavy atom. The van der Waals surface area contributed by atoms with Gasteiger partial charge in [-0.2, -0.15) is 0 Å². The highest BCUT2D eigenvalue weighted by Crippen LogP contribution is 2.68. The second-order valence-electron chi connectivity index (χ2n) is 8.54. The maximum atomic E-state index is 14.6. The van der Waals surface area contributed by atoms with Gasteiger partial charge in [0.25, 0.3) is 0 Å². The Labute approximate surface area is 196 Å². The Hall–Kier alpha value is -4.06. The van der Waals surface area contributed by atoms with Gasteiger partial charge in [-0.25, -0.2) is 0 Å². The van der Waals surface area contributed by atoms with Crippen LogP contribution in [-0.2, 0) is 28.7 Å². The third kappa shape index (κ3) is 2.45. The Morgan fingerprint density at radius 2 is 1.06 bits per heavy atom. The summed E-state index contributed by atoms with van der Waals surface area (Å²) in [6, 6.07) is 17.8. The van der Waals surface area contributed by atoms with Crippen molar-refractivity contribution < 1.29 is 28.7 Å². The van der Waals surface area contributed by atoms with E-state index in [1.54, 1.807) is 72.8 Å². The number of fused-ring (bicyclic) bond motifs is 6. The highest BCUT2D eigenvalue weighted by molar-refractivity contribution is 6.40. The third-order valence-corrected chi connectivity index (χ3v) is 7.16. The lowest BCUT2D eigenvalue weighted by atomic mass is 9.53. The summed E-state index contributed by atoms with van der Waals surface area (Å²) in [6.45, 7) is 0. The summed E-state index contributed by atoms with van der Waals surface area (Å²) in [6.07, 6.45) is 6.39. The van der Waals surface area contributed by atoms with Crippen molar-refractivity contribution >= 4 is 34.7 Å². The monoisotopic (exact) mass is 454 g/mol. The summed E-state index contributed by atoms with van der Waals surface area (Å²) in [7, 11) is 2.37. The normalized spacial score (nSPS) is 29.1. The second kappa shape index (κ2) is 7.76. The fourth-order valence-corrected chi connectivity index (χ4v) is 5.89. The Balaban J connectivity index is 2.06. The quantitative estimate of drug-likeness (QED) is 0.520. The van der Waals surface area contributed by atoms with Crippen LogP contribution in [0.3, 0.4) is 0 Å². The number of carbonyl (C=O) groups excluding carboxylic acids is 4. The van der Waals surface area contributed by atoms with Crippen molar-refractivity contribution in [3.63, 3.8) is 0 Å². The summed E-state index contributed by atoms with van der Waals surface area (Å²) in [5, 5.41) is 0. The first-order valence-corrected chi connectivity index (χ1v) is 10.9. The third-order valence-electron chi connectivity index (χ3n) is 7.16. The molecule has 2 aromatic carbocycles. The predicted octanol–water partition coefficient (Wildman–Crippen LogP) is 3.44. The van der Waals surface area contributed by atoms with Gasteiger partial charge < -0.3 is 9.47 Å². The van der Waals surface area contributed by atoms with Gasteiger partial charge in [-0.1, -0.05) is 85.0 Å². The van der Waals surface area contributed by atoms with E-state index in [0.717, 1.165) is 0 Å². The van der Waals surface area contributed by atoms with Gasteiger partial charge in [0.05, 0.1) is 26.1 Å². The van der Waals surface area contributed by atoms with E-state index in [1.165, 1.54) is 14.2 Å². The first kappa shape index (κ1) is 21.8. The van der Waals surface area contributed by atoms with Crippen LogP contribution in [-0.4, -0.2) is 37.7 Å². The second-order valence-corrected chi connectivity index (χ2v) is 8.54. The number of benzene rings is 2. The molecule has 0 saturated heterocycles. The van der Waals surface area contributed by atoms with Crippen LogP contribution in [0.25, 0.3) is 11.1 Å². The molecule has 1 saturated carbocycles. The maximum absolute atomic E-state index is 14.6. The molecule has 5 rings (SSSR count). The van der Waals surface area contributed by atoms with Crippen molar-refractivity contribution in [3.8, 4) is 0 Å². The van der Waals surface area contributed by atoms with Crippen LogP contribution in [0.2, 0.25) is 0 Å². The van der Waals surface area contributed by atoms with Crippen molar-refractivity contribution in [3.05, 3.63) is 96.1 Å². The molecule has 0 heterocycles. The van der Waals surface area contributed by atoms with E-state index < -0.39 is 46.2 Å². The van der Waals surface area contributed by atoms with Crippen LogP contribution in [0.4, 0.5) is 0 Å². The van der Waals surface area contributed by atoms with Crippen LogP contribution >= 0.6 is 0 Å². The van der Waals surface area contributed by atoms with Crippen LogP contribution in [0.15, 0.2) is 85.0 Å². The summed E-state index contributed by atoms with van der Waals surface area (Å²) in [5.41, 5.74) is -2.34. The van der Waals surface area contributed by atoms with Crippen LogP contribution < -0.4 is 0 Å². The SMILES string of the molecule is COC(=O)C12C(=O)C(C(=O)OC)(C(c3ccccc3)=C1c1ccccc1)C1C=CC=CC2C1=O. The minimum Gasteiger partial charge on any atom is -0.468 e. The van der Waals surface area contributed by atoms with Gasteiger partial charge in [-0.3, -0.25) is 19.2 Å². The Morgan fingerprint density at radius 1 is 0.676 bits per heavy atom. The molecular weight excluding hydrogens is 432 g/mol. The first-order chi connectivity index (χ1) is 16.5. The molecule has 0 aromatic heterocycles. The molecule has 170 valence electrons. The summed E-state index contributed by atoms with van der Waals surface area (Å²) in [4.78, 5) is 56.0. The molecule has 0 radical (unpaired) electrons. The van der Waals surface area contributed by atoms with E-state index in [4.69, 9.17) is 9.47 Å². The number of methoxy groups -OCH3 is 2. The van der Waals surface area contributed by atoms with E-state index in [0.29, 0.717) is 22.3 Å². The molecule has 0 amide bonds. The van der Waals surface area contributed by atoms with E-state index in [1.807, 2.05) is 12.1 Å². The minimum absolute atomic E-state index is 0.308. The van der Waals surface area contributed by atoms with E-state index in [2.05, 4.69) is 0 Å². The molecule has 34 heavy (non-hydrogen) atoms. The summed E-state index contributed by atoms with van der Waals surface area (Å²) >= 11 is 0. The lowest BCUT2D eigenvalue weighted by molar-refractivity contribution is -0.172. The van der Waals surface area contributed by atoms with Crippen LogP contribution in [0.5, 0.6) is 0 Å². The molecule has 6 heteroatoms. The average Bonchev–Trinajstić information content (AvgIpc) is 2.95. The van der Waals surface area contributed by atoms with Gasteiger partial charge >= 0.3 is 11.9 Å². The highest BCUT2D eigenvalue weighted by Gasteiger charge is 2.79. The van der Waals surface area contributed by atoms with Gasteiger partial charge in [-0.05, 0) is 22.3 Å². The average molecular weight is 454 g/mol. The zero-order valence-corrected chi connectivity index (χ0v) is 18.7. The van der Waals surface area contributed by atoms with Crippen molar-refractivity contribution in [1.29, 1.82) is 0 Å². The van der Waals surface area contributed by atoms with Gasteiger partial charge in [0.15, 0.2) is 16.6 Å². The number of esters is 2. The molecule has 6 nitrogen and oxygen atoms in total. The van der Waals surface area contributed by atoms with Crippen LogP contribution in [0, 0.1) is 22.7 Å².